The molecule has 1 aromatic heterocycles. The van der Waals surface area contributed by atoms with Crippen molar-refractivity contribution in [2.75, 3.05) is 31.1 Å². The Hall–Kier alpha value is -4.81. The fourth-order valence-electron chi connectivity index (χ4n) is 6.19. The highest BCUT2D eigenvalue weighted by Crippen LogP contribution is 2.23. The summed E-state index contributed by atoms with van der Waals surface area (Å²) < 4.78 is 37.6. The Morgan fingerprint density at radius 3 is 2.16 bits per heavy atom. The average Bonchev–Trinajstić information content (AvgIpc) is 3.06. The molecule has 4 aromatic rings. The van der Waals surface area contributed by atoms with Gasteiger partial charge in [-0.25, -0.2) is 18.4 Å². The van der Waals surface area contributed by atoms with Gasteiger partial charge in [0.15, 0.2) is 0 Å². The molecular formula is C37H43F2N5O5. The molecule has 3 aromatic carbocycles. The number of aliphatic hydroxyl groups excluding tert-OH is 1. The van der Waals surface area contributed by atoms with Gasteiger partial charge in [-0.05, 0) is 51.0 Å². The molecule has 2 heterocycles. The van der Waals surface area contributed by atoms with Gasteiger partial charge in [-0.1, -0.05) is 66.7 Å². The van der Waals surface area contributed by atoms with E-state index in [1.165, 1.54) is 10.6 Å². The van der Waals surface area contributed by atoms with E-state index < -0.39 is 47.2 Å². The summed E-state index contributed by atoms with van der Waals surface area (Å²) in [4.78, 5) is 45.6. The Morgan fingerprint density at radius 2 is 1.55 bits per heavy atom. The number of anilines is 1. The molecule has 1 aliphatic heterocycles. The molecule has 1 saturated heterocycles. The normalized spacial score (nSPS) is 16.0. The lowest BCUT2D eigenvalue weighted by atomic mass is 10.1. The van der Waals surface area contributed by atoms with Gasteiger partial charge in [0.1, 0.15) is 22.9 Å². The number of nitrogens with one attached hydrogen (secondary N) is 1. The number of rotatable bonds is 10. The first kappa shape index (κ1) is 35.5. The Kier molecular flexibility index (Phi) is 11.0. The number of piperazine rings is 1. The number of alkyl carbamates (subject to hydrolysis) is 1. The van der Waals surface area contributed by atoms with Crippen LogP contribution in [-0.2, 0) is 24.4 Å². The zero-order chi connectivity index (χ0) is 35.3. The molecule has 1 fully saturated rings. The van der Waals surface area contributed by atoms with E-state index in [1.807, 2.05) is 35.2 Å². The van der Waals surface area contributed by atoms with Crippen molar-refractivity contribution in [2.24, 2.45) is 0 Å². The van der Waals surface area contributed by atoms with Crippen LogP contribution < -0.4 is 21.5 Å². The lowest BCUT2D eigenvalue weighted by Crippen LogP contribution is -2.56. The first-order valence-electron chi connectivity index (χ1n) is 16.3. The molecule has 5 rings (SSSR count). The second kappa shape index (κ2) is 15.2. The van der Waals surface area contributed by atoms with Gasteiger partial charge in [-0.2, -0.15) is 0 Å². The lowest BCUT2D eigenvalue weighted by molar-refractivity contribution is 0.0497. The molecular weight excluding hydrogens is 632 g/mol. The van der Waals surface area contributed by atoms with Crippen LogP contribution in [0.5, 0.6) is 0 Å². The number of ether oxygens (including phenoxy) is 1. The Balaban J connectivity index is 1.59. The van der Waals surface area contributed by atoms with E-state index in [9.17, 15) is 28.3 Å². The Labute approximate surface area is 284 Å². The molecule has 1 aliphatic rings. The molecule has 49 heavy (non-hydrogen) atoms. The summed E-state index contributed by atoms with van der Waals surface area (Å²) in [6, 6.07) is 21.0. The molecule has 2 N–H and O–H groups in total. The Bertz CT molecular complexity index is 1850. The van der Waals surface area contributed by atoms with E-state index in [2.05, 4.69) is 10.2 Å². The molecule has 12 heteroatoms. The number of carbonyl (C=O) groups excluding carboxylic acids is 1. The summed E-state index contributed by atoms with van der Waals surface area (Å²) in [6.07, 6.45) is -0.740. The van der Waals surface area contributed by atoms with Gasteiger partial charge >= 0.3 is 11.8 Å². The second-order valence-corrected chi connectivity index (χ2v) is 13.3. The summed E-state index contributed by atoms with van der Waals surface area (Å²) in [5.41, 5.74) is -0.425. The molecule has 2 atom stereocenters. The van der Waals surface area contributed by atoms with Crippen molar-refractivity contribution in [1.29, 1.82) is 0 Å². The highest BCUT2D eigenvalue weighted by atomic mass is 19.1. The van der Waals surface area contributed by atoms with Crippen LogP contribution in [0, 0.1) is 18.6 Å². The zero-order valence-electron chi connectivity index (χ0n) is 28.2. The minimum atomic E-state index is -0.872. The maximum Gasteiger partial charge on any atom is 0.408 e. The van der Waals surface area contributed by atoms with Gasteiger partial charge in [0.05, 0.1) is 31.8 Å². The topological polar surface area (TPSA) is 109 Å². The third kappa shape index (κ3) is 8.44. The van der Waals surface area contributed by atoms with Gasteiger partial charge in [0.25, 0.3) is 5.56 Å². The maximum absolute atomic E-state index is 14.9. The molecule has 0 radical (unpaired) electrons. The van der Waals surface area contributed by atoms with Crippen molar-refractivity contribution >= 4 is 11.8 Å². The van der Waals surface area contributed by atoms with E-state index in [0.29, 0.717) is 25.2 Å². The van der Waals surface area contributed by atoms with Crippen molar-refractivity contribution < 1.29 is 23.4 Å². The molecule has 0 aliphatic carbocycles. The van der Waals surface area contributed by atoms with Crippen molar-refractivity contribution in [3.05, 3.63) is 134 Å². The van der Waals surface area contributed by atoms with Crippen molar-refractivity contribution in [3.63, 3.8) is 0 Å². The largest absolute Gasteiger partial charge is 0.444 e. The van der Waals surface area contributed by atoms with Gasteiger partial charge in [0, 0.05) is 37.4 Å². The summed E-state index contributed by atoms with van der Waals surface area (Å²) in [6.45, 7) is 7.59. The van der Waals surface area contributed by atoms with Crippen LogP contribution in [-0.4, -0.2) is 63.1 Å². The predicted molar refractivity (Wildman–Crippen MR) is 184 cm³/mol. The maximum atomic E-state index is 14.9. The molecule has 260 valence electrons. The summed E-state index contributed by atoms with van der Waals surface area (Å²) >= 11 is 0. The number of benzene rings is 3. The Morgan fingerprint density at radius 1 is 0.918 bits per heavy atom. The first-order chi connectivity index (χ1) is 23.4. The first-order valence-corrected chi connectivity index (χ1v) is 16.3. The molecule has 0 bridgehead atoms. The van der Waals surface area contributed by atoms with Crippen LogP contribution in [0.2, 0.25) is 0 Å². The van der Waals surface area contributed by atoms with Gasteiger partial charge in [-0.15, -0.1) is 0 Å². The number of aromatic nitrogens is 2. The number of carbonyl (C=O) groups is 1. The second-order valence-electron chi connectivity index (χ2n) is 13.3. The molecule has 0 spiro atoms. The van der Waals surface area contributed by atoms with Crippen LogP contribution in [0.1, 0.15) is 49.2 Å². The van der Waals surface area contributed by atoms with Gasteiger partial charge < -0.3 is 20.1 Å². The third-order valence-electron chi connectivity index (χ3n) is 8.65. The minimum Gasteiger partial charge on any atom is -0.444 e. The molecule has 10 nitrogen and oxygen atoms in total. The average molecular weight is 676 g/mol. The number of hydrogen-bond donors (Lipinski definition) is 2. The highest BCUT2D eigenvalue weighted by molar-refractivity contribution is 5.68. The van der Waals surface area contributed by atoms with E-state index in [0.717, 1.165) is 22.3 Å². The molecule has 1 unspecified atom stereocenters. The lowest BCUT2D eigenvalue weighted by Gasteiger charge is -2.42. The fraction of sp³-hybridized carbons (Fsp3) is 0.378. The van der Waals surface area contributed by atoms with Crippen molar-refractivity contribution in [2.45, 2.75) is 65.0 Å². The number of nitrogens with zero attached hydrogens (tertiary/aromatic N) is 4. The number of amides is 1. The van der Waals surface area contributed by atoms with Crippen LogP contribution in [0.25, 0.3) is 0 Å². The smallest absolute Gasteiger partial charge is 0.408 e. The summed E-state index contributed by atoms with van der Waals surface area (Å²) in [5, 5.41) is 13.2. The van der Waals surface area contributed by atoms with E-state index in [1.54, 1.807) is 58.0 Å². The number of hydrogen-bond acceptors (Lipinski definition) is 7. The van der Waals surface area contributed by atoms with Gasteiger partial charge in [-0.3, -0.25) is 18.8 Å². The minimum absolute atomic E-state index is 0.174. The standard InChI is InChI=1S/C37H43F2N5O5/c1-25-33(42-19-18-41(28(21-42)24-45)20-26-12-7-5-8-13-26)34(46)44(36(48)43(25)22-29-30(38)16-11-17-31(29)39)23-32(27-14-9-6-10-15-27)40-35(47)49-37(2,3)4/h5-17,28,32,45H,18-24H2,1-4H3,(H,40,47)/t28?,32-/m0/s1. The van der Waals surface area contributed by atoms with E-state index in [-0.39, 0.29) is 42.7 Å². The third-order valence-corrected chi connectivity index (χ3v) is 8.65. The summed E-state index contributed by atoms with van der Waals surface area (Å²) in [7, 11) is 0. The zero-order valence-corrected chi connectivity index (χ0v) is 28.2. The number of halogens is 2. The van der Waals surface area contributed by atoms with Crippen LogP contribution in [0.4, 0.5) is 19.3 Å². The van der Waals surface area contributed by atoms with Gasteiger partial charge in [0.2, 0.25) is 0 Å². The quantitative estimate of drug-likeness (QED) is 0.253. The van der Waals surface area contributed by atoms with E-state index >= 15 is 0 Å². The molecule has 1 amide bonds. The van der Waals surface area contributed by atoms with Crippen LogP contribution in [0.3, 0.4) is 0 Å². The van der Waals surface area contributed by atoms with Crippen molar-refractivity contribution in [1.82, 2.24) is 19.4 Å². The SMILES string of the molecule is Cc1c(N2CCN(Cc3ccccc3)C(CO)C2)c(=O)n(C[C@H](NC(=O)OC(C)(C)C)c2ccccc2)c(=O)n1Cc1c(F)cccc1F. The molecule has 0 saturated carbocycles. The van der Waals surface area contributed by atoms with Crippen molar-refractivity contribution in [3.8, 4) is 0 Å². The monoisotopic (exact) mass is 675 g/mol. The predicted octanol–water partition coefficient (Wildman–Crippen LogP) is 4.59. The van der Waals surface area contributed by atoms with Crippen LogP contribution in [0.15, 0.2) is 88.5 Å². The highest BCUT2D eigenvalue weighted by Gasteiger charge is 2.32. The van der Waals surface area contributed by atoms with Crippen LogP contribution >= 0.6 is 0 Å². The summed E-state index contributed by atoms with van der Waals surface area (Å²) in [5.74, 6) is -1.65. The fourth-order valence-corrected chi connectivity index (χ4v) is 6.19. The number of aliphatic hydroxyl groups is 1. The van der Waals surface area contributed by atoms with E-state index in [4.69, 9.17) is 4.74 Å².